The number of aliphatic hydroxyl groups is 1. The summed E-state index contributed by atoms with van der Waals surface area (Å²) in [6.45, 7) is 0.239. The average molecular weight is 294 g/mol. The van der Waals surface area contributed by atoms with E-state index in [0.717, 1.165) is 25.7 Å². The van der Waals surface area contributed by atoms with Crippen molar-refractivity contribution in [2.24, 2.45) is 0 Å². The Labute approximate surface area is 122 Å². The molecule has 20 heavy (non-hydrogen) atoms. The molecule has 1 aromatic carbocycles. The standard InChI is InChI=1S/C14H16ClN3O2/c15-12-7-11(4-3-10(12)8-16)18-13(19)17-9-14(20)5-1-2-6-14/h3-4,7,20H,1-2,5-6,9H2,(H2,17,18,19). The van der Waals surface area contributed by atoms with Crippen LogP contribution in [0.5, 0.6) is 0 Å². The molecule has 0 aliphatic heterocycles. The Balaban J connectivity index is 1.88. The molecule has 0 radical (unpaired) electrons. The van der Waals surface area contributed by atoms with Gasteiger partial charge in [-0.05, 0) is 31.0 Å². The van der Waals surface area contributed by atoms with Crippen LogP contribution in [0.15, 0.2) is 18.2 Å². The third-order valence-electron chi connectivity index (χ3n) is 3.46. The van der Waals surface area contributed by atoms with Gasteiger partial charge >= 0.3 is 6.03 Å². The summed E-state index contributed by atoms with van der Waals surface area (Å²) in [6.07, 6.45) is 3.42. The van der Waals surface area contributed by atoms with Gasteiger partial charge in [-0.25, -0.2) is 4.79 Å². The molecule has 1 aliphatic carbocycles. The minimum absolute atomic E-state index is 0.239. The molecule has 0 saturated heterocycles. The van der Waals surface area contributed by atoms with Crippen LogP contribution in [0.3, 0.4) is 0 Å². The number of nitriles is 1. The molecule has 0 bridgehead atoms. The summed E-state index contributed by atoms with van der Waals surface area (Å²) in [7, 11) is 0. The number of nitrogens with one attached hydrogen (secondary N) is 2. The van der Waals surface area contributed by atoms with Crippen molar-refractivity contribution >= 4 is 23.3 Å². The van der Waals surface area contributed by atoms with Gasteiger partial charge in [-0.3, -0.25) is 0 Å². The molecule has 2 rings (SSSR count). The van der Waals surface area contributed by atoms with E-state index in [4.69, 9.17) is 16.9 Å². The van der Waals surface area contributed by atoms with Gasteiger partial charge < -0.3 is 15.7 Å². The minimum atomic E-state index is -0.778. The quantitative estimate of drug-likeness (QED) is 0.801. The summed E-state index contributed by atoms with van der Waals surface area (Å²) in [6, 6.07) is 6.22. The van der Waals surface area contributed by atoms with Crippen LogP contribution < -0.4 is 10.6 Å². The lowest BCUT2D eigenvalue weighted by Crippen LogP contribution is -2.42. The predicted octanol–water partition coefficient (Wildman–Crippen LogP) is 2.64. The molecule has 6 heteroatoms. The first kappa shape index (κ1) is 14.6. The van der Waals surface area contributed by atoms with E-state index in [1.807, 2.05) is 6.07 Å². The molecule has 5 nitrogen and oxygen atoms in total. The summed E-state index contributed by atoms with van der Waals surface area (Å²) in [5, 5.41) is 24.4. The van der Waals surface area contributed by atoms with Crippen molar-refractivity contribution in [3.63, 3.8) is 0 Å². The van der Waals surface area contributed by atoms with Crippen molar-refractivity contribution < 1.29 is 9.90 Å². The molecule has 0 aromatic heterocycles. The molecule has 2 amide bonds. The molecule has 0 heterocycles. The van der Waals surface area contributed by atoms with Gasteiger partial charge in [-0.1, -0.05) is 24.4 Å². The summed E-state index contributed by atoms with van der Waals surface area (Å²) >= 11 is 5.88. The zero-order chi connectivity index (χ0) is 14.6. The van der Waals surface area contributed by atoms with Crippen LogP contribution >= 0.6 is 11.6 Å². The average Bonchev–Trinajstić information content (AvgIpc) is 2.84. The number of halogens is 1. The first-order valence-corrected chi connectivity index (χ1v) is 6.87. The third-order valence-corrected chi connectivity index (χ3v) is 3.77. The highest BCUT2D eigenvalue weighted by atomic mass is 35.5. The van der Waals surface area contributed by atoms with E-state index in [9.17, 15) is 9.90 Å². The maximum absolute atomic E-state index is 11.7. The predicted molar refractivity (Wildman–Crippen MR) is 76.6 cm³/mol. The SMILES string of the molecule is N#Cc1ccc(NC(=O)NCC2(O)CCCC2)cc1Cl. The van der Waals surface area contributed by atoms with Crippen LogP contribution in [0.1, 0.15) is 31.2 Å². The Morgan fingerprint density at radius 2 is 2.15 bits per heavy atom. The third kappa shape index (κ3) is 3.62. The molecule has 0 spiro atoms. The van der Waals surface area contributed by atoms with Crippen molar-refractivity contribution in [3.05, 3.63) is 28.8 Å². The second kappa shape index (κ2) is 6.12. The number of amides is 2. The van der Waals surface area contributed by atoms with Crippen molar-refractivity contribution in [3.8, 4) is 6.07 Å². The van der Waals surface area contributed by atoms with Crippen molar-refractivity contribution in [1.82, 2.24) is 5.32 Å². The summed E-state index contributed by atoms with van der Waals surface area (Å²) in [5.74, 6) is 0. The second-order valence-corrected chi connectivity index (χ2v) is 5.45. The number of hydrogen-bond donors (Lipinski definition) is 3. The van der Waals surface area contributed by atoms with Crippen LogP contribution in [0.25, 0.3) is 0 Å². The molecule has 0 atom stereocenters. The highest BCUT2D eigenvalue weighted by molar-refractivity contribution is 6.32. The molecule has 1 aliphatic rings. The molecule has 3 N–H and O–H groups in total. The van der Waals surface area contributed by atoms with Crippen LogP contribution in [0.4, 0.5) is 10.5 Å². The number of benzene rings is 1. The Morgan fingerprint density at radius 1 is 1.45 bits per heavy atom. The van der Waals surface area contributed by atoms with Crippen molar-refractivity contribution in [2.75, 3.05) is 11.9 Å². The highest BCUT2D eigenvalue weighted by Gasteiger charge is 2.31. The topological polar surface area (TPSA) is 85.2 Å². The highest BCUT2D eigenvalue weighted by Crippen LogP contribution is 2.28. The minimum Gasteiger partial charge on any atom is -0.388 e. The smallest absolute Gasteiger partial charge is 0.319 e. The number of anilines is 1. The second-order valence-electron chi connectivity index (χ2n) is 5.05. The Morgan fingerprint density at radius 3 is 2.75 bits per heavy atom. The normalized spacial score (nSPS) is 16.4. The molecule has 1 aromatic rings. The van der Waals surface area contributed by atoms with E-state index in [-0.39, 0.29) is 6.54 Å². The molecule has 106 valence electrons. The van der Waals surface area contributed by atoms with Crippen LogP contribution in [-0.2, 0) is 0 Å². The largest absolute Gasteiger partial charge is 0.388 e. The van der Waals surface area contributed by atoms with Crippen LogP contribution in [0, 0.1) is 11.3 Å². The Bertz CT molecular complexity index is 548. The molecule has 1 fully saturated rings. The number of urea groups is 1. The van der Waals surface area contributed by atoms with Gasteiger partial charge in [-0.2, -0.15) is 5.26 Å². The lowest BCUT2D eigenvalue weighted by molar-refractivity contribution is 0.0506. The fraction of sp³-hybridized carbons (Fsp3) is 0.429. The lowest BCUT2D eigenvalue weighted by atomic mass is 10.0. The first-order valence-electron chi connectivity index (χ1n) is 6.49. The maximum Gasteiger partial charge on any atom is 0.319 e. The number of carbonyl (C=O) groups is 1. The molecule has 1 saturated carbocycles. The lowest BCUT2D eigenvalue weighted by Gasteiger charge is -2.22. The van der Waals surface area contributed by atoms with E-state index < -0.39 is 11.6 Å². The van der Waals surface area contributed by atoms with E-state index in [1.165, 1.54) is 6.07 Å². The number of nitrogens with zero attached hydrogens (tertiary/aromatic N) is 1. The van der Waals surface area contributed by atoms with Crippen molar-refractivity contribution in [2.45, 2.75) is 31.3 Å². The first-order chi connectivity index (χ1) is 9.52. The number of rotatable bonds is 3. The number of hydrogen-bond acceptors (Lipinski definition) is 3. The molecular weight excluding hydrogens is 278 g/mol. The zero-order valence-electron chi connectivity index (χ0n) is 10.9. The van der Waals surface area contributed by atoms with Gasteiger partial charge in [0.25, 0.3) is 0 Å². The Hall–Kier alpha value is -1.77. The van der Waals surface area contributed by atoms with E-state index >= 15 is 0 Å². The van der Waals surface area contributed by atoms with E-state index in [1.54, 1.807) is 12.1 Å². The summed E-state index contributed by atoms with van der Waals surface area (Å²) in [4.78, 5) is 11.7. The molecular formula is C14H16ClN3O2. The zero-order valence-corrected chi connectivity index (χ0v) is 11.7. The fourth-order valence-corrected chi connectivity index (χ4v) is 2.54. The van der Waals surface area contributed by atoms with Gasteiger partial charge in [0.05, 0.1) is 16.2 Å². The molecule has 0 unspecified atom stereocenters. The number of carbonyl (C=O) groups excluding carboxylic acids is 1. The van der Waals surface area contributed by atoms with Gasteiger partial charge in [0.1, 0.15) is 6.07 Å². The van der Waals surface area contributed by atoms with Crippen LogP contribution in [-0.4, -0.2) is 23.3 Å². The van der Waals surface area contributed by atoms with Gasteiger partial charge in [0.15, 0.2) is 0 Å². The fourth-order valence-electron chi connectivity index (χ4n) is 2.31. The van der Waals surface area contributed by atoms with E-state index in [0.29, 0.717) is 16.3 Å². The van der Waals surface area contributed by atoms with E-state index in [2.05, 4.69) is 10.6 Å². The summed E-state index contributed by atoms with van der Waals surface area (Å²) < 4.78 is 0. The van der Waals surface area contributed by atoms with Gasteiger partial charge in [0.2, 0.25) is 0 Å². The monoisotopic (exact) mass is 293 g/mol. The van der Waals surface area contributed by atoms with Crippen LogP contribution in [0.2, 0.25) is 5.02 Å². The summed E-state index contributed by atoms with van der Waals surface area (Å²) in [5.41, 5.74) is 0.0856. The van der Waals surface area contributed by atoms with Gasteiger partial charge in [0, 0.05) is 12.2 Å². The van der Waals surface area contributed by atoms with Crippen molar-refractivity contribution in [1.29, 1.82) is 5.26 Å². The Kier molecular flexibility index (Phi) is 4.48. The maximum atomic E-state index is 11.7. The van der Waals surface area contributed by atoms with Gasteiger partial charge in [-0.15, -0.1) is 0 Å².